The van der Waals surface area contributed by atoms with Crippen molar-refractivity contribution in [1.82, 2.24) is 14.8 Å². The van der Waals surface area contributed by atoms with E-state index in [2.05, 4.69) is 80.0 Å². The van der Waals surface area contributed by atoms with E-state index in [1.165, 1.54) is 27.6 Å². The van der Waals surface area contributed by atoms with Gasteiger partial charge < -0.3 is 9.88 Å². The molecule has 4 rings (SSSR count). The molecule has 1 amide bonds. The minimum absolute atomic E-state index is 0.0741. The lowest BCUT2D eigenvalue weighted by Crippen LogP contribution is -2.51. The highest BCUT2D eigenvalue weighted by Crippen LogP contribution is 2.41. The third-order valence-corrected chi connectivity index (χ3v) is 6.97. The zero-order valence-electron chi connectivity index (χ0n) is 17.8. The summed E-state index contributed by atoms with van der Waals surface area (Å²) < 4.78 is 0. The van der Waals surface area contributed by atoms with E-state index < -0.39 is 0 Å². The first-order chi connectivity index (χ1) is 13.5. The van der Waals surface area contributed by atoms with E-state index in [0.29, 0.717) is 6.04 Å². The number of carbonyl (C=O) groups is 1. The van der Waals surface area contributed by atoms with Gasteiger partial charge in [0.2, 0.25) is 5.91 Å². The molecule has 0 saturated carbocycles. The van der Waals surface area contributed by atoms with Crippen LogP contribution in [0.5, 0.6) is 0 Å². The summed E-state index contributed by atoms with van der Waals surface area (Å²) in [7, 11) is 2.17. The molecule has 1 aliphatic heterocycles. The van der Waals surface area contributed by atoms with Crippen LogP contribution in [0.15, 0.2) is 30.5 Å². The van der Waals surface area contributed by atoms with Gasteiger partial charge in [-0.25, -0.2) is 0 Å². The lowest BCUT2D eigenvalue weighted by atomic mass is 9.79. The van der Waals surface area contributed by atoms with E-state index in [-0.39, 0.29) is 23.9 Å². The molecule has 1 aromatic heterocycles. The van der Waals surface area contributed by atoms with Crippen LogP contribution in [0.1, 0.15) is 51.7 Å². The number of nitrogens with zero attached hydrogens (tertiary/aromatic N) is 2. The number of amides is 1. The second kappa shape index (κ2) is 7.40. The SMILES string of the molecule is CC[C@H](C)N(C(=O)[C@@H]1C=C2c3cccc4[nH]cc(c34)C[C@H]2N(C)C1)[C@@H](C)CC. The quantitative estimate of drug-likeness (QED) is 0.833. The van der Waals surface area contributed by atoms with Crippen molar-refractivity contribution in [3.63, 3.8) is 0 Å². The summed E-state index contributed by atoms with van der Waals surface area (Å²) >= 11 is 0. The van der Waals surface area contributed by atoms with E-state index in [0.717, 1.165) is 25.8 Å². The number of fused-ring (bicyclic) bond motifs is 2. The molecule has 0 unspecified atom stereocenters. The van der Waals surface area contributed by atoms with Crippen molar-refractivity contribution in [2.45, 2.75) is 65.1 Å². The van der Waals surface area contributed by atoms with Gasteiger partial charge in [0.05, 0.1) is 5.92 Å². The highest BCUT2D eigenvalue weighted by molar-refractivity contribution is 5.99. The van der Waals surface area contributed by atoms with Gasteiger partial charge in [-0.05, 0) is 62.9 Å². The zero-order valence-corrected chi connectivity index (χ0v) is 17.8. The van der Waals surface area contributed by atoms with E-state index >= 15 is 0 Å². The van der Waals surface area contributed by atoms with Crippen LogP contribution in [0.2, 0.25) is 0 Å². The molecule has 0 radical (unpaired) electrons. The molecule has 0 saturated heterocycles. The molecule has 4 nitrogen and oxygen atoms in total. The van der Waals surface area contributed by atoms with Crippen LogP contribution in [-0.2, 0) is 11.2 Å². The Hall–Kier alpha value is -2.07. The number of aromatic amines is 1. The standard InChI is InChI=1S/C24H33N3O/c1-6-15(3)27(16(4)7-2)24(28)18-11-20-19-9-8-10-21-23(19)17(13-25-21)12-22(20)26(5)14-18/h8-11,13,15-16,18,22,25H,6-7,12,14H2,1-5H3/t15-,16-,18+,22+/m0/s1. The van der Waals surface area contributed by atoms with Crippen molar-refractivity contribution in [2.24, 2.45) is 5.92 Å². The Kier molecular flexibility index (Phi) is 5.09. The Labute approximate surface area is 168 Å². The third kappa shape index (κ3) is 2.98. The van der Waals surface area contributed by atoms with Gasteiger partial charge in [0.1, 0.15) is 0 Å². The van der Waals surface area contributed by atoms with Crippen LogP contribution in [-0.4, -0.2) is 52.4 Å². The van der Waals surface area contributed by atoms with Crippen molar-refractivity contribution in [3.8, 4) is 0 Å². The Morgan fingerprint density at radius 3 is 2.64 bits per heavy atom. The maximum atomic E-state index is 13.6. The molecular formula is C24H33N3O. The first-order valence-electron chi connectivity index (χ1n) is 10.8. The molecule has 4 atom stereocenters. The smallest absolute Gasteiger partial charge is 0.231 e. The molecule has 2 heterocycles. The number of carbonyl (C=O) groups excluding carboxylic acids is 1. The second-order valence-corrected chi connectivity index (χ2v) is 8.69. The van der Waals surface area contributed by atoms with Crippen molar-refractivity contribution < 1.29 is 4.79 Å². The molecule has 0 bridgehead atoms. The number of rotatable bonds is 5. The fraction of sp³-hybridized carbons (Fsp3) is 0.542. The molecule has 0 spiro atoms. The molecule has 2 aromatic rings. The Morgan fingerprint density at radius 2 is 1.96 bits per heavy atom. The van der Waals surface area contributed by atoms with Gasteiger partial charge in [-0.1, -0.05) is 32.1 Å². The number of hydrogen-bond donors (Lipinski definition) is 1. The molecule has 2 aliphatic rings. The Bertz CT molecular complexity index is 902. The Balaban J connectivity index is 1.75. The summed E-state index contributed by atoms with van der Waals surface area (Å²) in [6.45, 7) is 9.50. The summed E-state index contributed by atoms with van der Waals surface area (Å²) in [5.74, 6) is 0.212. The van der Waals surface area contributed by atoms with Gasteiger partial charge in [-0.3, -0.25) is 9.69 Å². The molecule has 28 heavy (non-hydrogen) atoms. The van der Waals surface area contributed by atoms with Crippen molar-refractivity contribution in [3.05, 3.63) is 41.6 Å². The largest absolute Gasteiger partial charge is 0.361 e. The monoisotopic (exact) mass is 379 g/mol. The minimum atomic E-state index is -0.0741. The average molecular weight is 380 g/mol. The number of hydrogen-bond acceptors (Lipinski definition) is 2. The first-order valence-corrected chi connectivity index (χ1v) is 10.8. The fourth-order valence-electron chi connectivity index (χ4n) is 5.06. The van der Waals surface area contributed by atoms with Crippen LogP contribution < -0.4 is 0 Å². The number of likely N-dealkylation sites (N-methyl/N-ethyl adjacent to an activating group) is 1. The van der Waals surface area contributed by atoms with Crippen molar-refractivity contribution in [2.75, 3.05) is 13.6 Å². The summed E-state index contributed by atoms with van der Waals surface area (Å²) in [5, 5.41) is 1.34. The van der Waals surface area contributed by atoms with Crippen molar-refractivity contribution >= 4 is 22.4 Å². The van der Waals surface area contributed by atoms with Crippen LogP contribution >= 0.6 is 0 Å². The lowest BCUT2D eigenvalue weighted by Gasteiger charge is -2.42. The summed E-state index contributed by atoms with van der Waals surface area (Å²) in [4.78, 5) is 21.6. The van der Waals surface area contributed by atoms with Crippen LogP contribution in [0.3, 0.4) is 0 Å². The summed E-state index contributed by atoms with van der Waals surface area (Å²) in [5.41, 5.74) is 5.22. The van der Waals surface area contributed by atoms with Crippen LogP contribution in [0, 0.1) is 5.92 Å². The summed E-state index contributed by atoms with van der Waals surface area (Å²) in [6.07, 6.45) is 7.44. The predicted molar refractivity (Wildman–Crippen MR) is 116 cm³/mol. The number of H-pyrrole nitrogens is 1. The van der Waals surface area contributed by atoms with Crippen LogP contribution in [0.25, 0.3) is 16.5 Å². The molecule has 150 valence electrons. The molecule has 0 fully saturated rings. The van der Waals surface area contributed by atoms with E-state index in [1.54, 1.807) is 0 Å². The lowest BCUT2D eigenvalue weighted by molar-refractivity contribution is -0.139. The molecule has 1 aliphatic carbocycles. The summed E-state index contributed by atoms with van der Waals surface area (Å²) in [6, 6.07) is 7.39. The topological polar surface area (TPSA) is 39.3 Å². The number of aromatic nitrogens is 1. The molecular weight excluding hydrogens is 346 g/mol. The van der Waals surface area contributed by atoms with Gasteiger partial charge in [0.25, 0.3) is 0 Å². The normalized spacial score (nSPS) is 23.8. The fourth-order valence-corrected chi connectivity index (χ4v) is 5.06. The number of benzene rings is 1. The molecule has 4 heteroatoms. The Morgan fingerprint density at radius 1 is 1.25 bits per heavy atom. The first kappa shape index (κ1) is 19.3. The van der Waals surface area contributed by atoms with Gasteiger partial charge >= 0.3 is 0 Å². The van der Waals surface area contributed by atoms with E-state index in [9.17, 15) is 4.79 Å². The van der Waals surface area contributed by atoms with Crippen molar-refractivity contribution in [1.29, 1.82) is 0 Å². The minimum Gasteiger partial charge on any atom is -0.361 e. The predicted octanol–water partition coefficient (Wildman–Crippen LogP) is 4.46. The van der Waals surface area contributed by atoms with E-state index in [4.69, 9.17) is 0 Å². The molecule has 1 N–H and O–H groups in total. The highest BCUT2D eigenvalue weighted by Gasteiger charge is 2.38. The van der Waals surface area contributed by atoms with E-state index in [1.807, 2.05) is 0 Å². The molecule has 1 aromatic carbocycles. The average Bonchev–Trinajstić information content (AvgIpc) is 3.12. The highest BCUT2D eigenvalue weighted by atomic mass is 16.2. The van der Waals surface area contributed by atoms with Gasteiger partial charge in [-0.15, -0.1) is 0 Å². The zero-order chi connectivity index (χ0) is 20.0. The second-order valence-electron chi connectivity index (χ2n) is 8.69. The van der Waals surface area contributed by atoms with Gasteiger partial charge in [-0.2, -0.15) is 0 Å². The maximum absolute atomic E-state index is 13.6. The maximum Gasteiger partial charge on any atom is 0.231 e. The van der Waals surface area contributed by atoms with Gasteiger partial charge in [0, 0.05) is 41.8 Å². The number of nitrogens with one attached hydrogen (secondary N) is 1. The third-order valence-electron chi connectivity index (χ3n) is 6.97. The van der Waals surface area contributed by atoms with Crippen LogP contribution in [0.4, 0.5) is 0 Å². The van der Waals surface area contributed by atoms with Gasteiger partial charge in [0.15, 0.2) is 0 Å².